The SMILES string of the molecule is CCOC(=O)c1c(NC(=S)Nc2ccc(Cn3nc(C)cc3C)cc2)sc2c1CCCCCC2. The molecule has 0 radical (unpaired) electrons. The largest absolute Gasteiger partial charge is 0.462 e. The number of aromatic nitrogens is 2. The summed E-state index contributed by atoms with van der Waals surface area (Å²) in [6.07, 6.45) is 6.62. The Labute approximate surface area is 210 Å². The molecule has 0 amide bonds. The van der Waals surface area contributed by atoms with Crippen LogP contribution in [0.4, 0.5) is 10.7 Å². The van der Waals surface area contributed by atoms with E-state index in [1.807, 2.05) is 30.7 Å². The third kappa shape index (κ3) is 5.85. The highest BCUT2D eigenvalue weighted by atomic mass is 32.1. The zero-order valence-electron chi connectivity index (χ0n) is 20.1. The van der Waals surface area contributed by atoms with Crippen LogP contribution in [0.1, 0.15) is 70.4 Å². The number of carbonyl (C=O) groups excluding carboxylic acids is 1. The minimum atomic E-state index is -0.264. The minimum absolute atomic E-state index is 0.264. The molecule has 1 aliphatic rings. The first-order valence-corrected chi connectivity index (χ1v) is 13.2. The van der Waals surface area contributed by atoms with Crippen molar-refractivity contribution in [1.82, 2.24) is 9.78 Å². The summed E-state index contributed by atoms with van der Waals surface area (Å²) in [4.78, 5) is 14.1. The van der Waals surface area contributed by atoms with Crippen LogP contribution in [0.5, 0.6) is 0 Å². The second-order valence-electron chi connectivity index (χ2n) is 8.70. The average molecular weight is 497 g/mol. The third-order valence-electron chi connectivity index (χ3n) is 6.03. The maximum absolute atomic E-state index is 12.8. The van der Waals surface area contributed by atoms with Crippen LogP contribution in [-0.4, -0.2) is 27.5 Å². The number of fused-ring (bicyclic) bond motifs is 1. The number of aryl methyl sites for hydroxylation is 3. The van der Waals surface area contributed by atoms with Crippen LogP contribution in [0.3, 0.4) is 0 Å². The number of hydrogen-bond acceptors (Lipinski definition) is 5. The first kappa shape index (κ1) is 24.4. The Morgan fingerprint density at radius 2 is 1.85 bits per heavy atom. The first-order valence-electron chi connectivity index (χ1n) is 11.9. The van der Waals surface area contributed by atoms with E-state index in [0.717, 1.165) is 59.9 Å². The molecule has 34 heavy (non-hydrogen) atoms. The number of nitrogens with zero attached hydrogens (tertiary/aromatic N) is 2. The molecule has 6 nitrogen and oxygen atoms in total. The lowest BCUT2D eigenvalue weighted by atomic mass is 9.96. The quantitative estimate of drug-likeness (QED) is 0.310. The molecule has 0 saturated heterocycles. The molecule has 0 fully saturated rings. The topological polar surface area (TPSA) is 68.2 Å². The number of esters is 1. The van der Waals surface area contributed by atoms with Gasteiger partial charge < -0.3 is 15.4 Å². The summed E-state index contributed by atoms with van der Waals surface area (Å²) in [5.41, 5.74) is 6.03. The molecule has 180 valence electrons. The summed E-state index contributed by atoms with van der Waals surface area (Å²) in [6, 6.07) is 10.2. The van der Waals surface area contributed by atoms with E-state index in [9.17, 15) is 4.79 Å². The van der Waals surface area contributed by atoms with Gasteiger partial charge in [0.2, 0.25) is 0 Å². The van der Waals surface area contributed by atoms with Crippen LogP contribution in [0, 0.1) is 13.8 Å². The summed E-state index contributed by atoms with van der Waals surface area (Å²) < 4.78 is 7.40. The zero-order chi connectivity index (χ0) is 24.1. The number of nitrogens with one attached hydrogen (secondary N) is 2. The highest BCUT2D eigenvalue weighted by Crippen LogP contribution is 2.37. The van der Waals surface area contributed by atoms with Gasteiger partial charge in [-0.2, -0.15) is 5.10 Å². The van der Waals surface area contributed by atoms with Gasteiger partial charge in [0.15, 0.2) is 5.11 Å². The van der Waals surface area contributed by atoms with Crippen LogP contribution in [0.25, 0.3) is 0 Å². The Hall–Kier alpha value is -2.71. The molecular weight excluding hydrogens is 464 g/mol. The molecule has 0 spiro atoms. The number of ether oxygens (including phenoxy) is 1. The lowest BCUT2D eigenvalue weighted by molar-refractivity contribution is 0.0526. The number of benzene rings is 1. The highest BCUT2D eigenvalue weighted by molar-refractivity contribution is 7.80. The second kappa shape index (κ2) is 11.1. The van der Waals surface area contributed by atoms with Crippen molar-refractivity contribution in [2.24, 2.45) is 0 Å². The normalized spacial score (nSPS) is 13.5. The summed E-state index contributed by atoms with van der Waals surface area (Å²) >= 11 is 7.23. The molecule has 3 aromatic rings. The minimum Gasteiger partial charge on any atom is -0.462 e. The Morgan fingerprint density at radius 3 is 2.53 bits per heavy atom. The maximum Gasteiger partial charge on any atom is 0.341 e. The number of hydrogen-bond donors (Lipinski definition) is 2. The van der Waals surface area contributed by atoms with E-state index >= 15 is 0 Å². The van der Waals surface area contributed by atoms with E-state index in [4.69, 9.17) is 17.0 Å². The molecule has 0 unspecified atom stereocenters. The van der Waals surface area contributed by atoms with Crippen molar-refractivity contribution in [2.45, 2.75) is 65.8 Å². The average Bonchev–Trinajstić information content (AvgIpc) is 3.27. The number of rotatable bonds is 6. The van der Waals surface area contributed by atoms with Gasteiger partial charge in [-0.15, -0.1) is 11.3 Å². The number of thiocarbonyl (C=S) groups is 1. The van der Waals surface area contributed by atoms with Gasteiger partial charge in [0, 0.05) is 16.3 Å². The molecule has 2 heterocycles. The van der Waals surface area contributed by atoms with Gasteiger partial charge in [-0.1, -0.05) is 25.0 Å². The summed E-state index contributed by atoms with van der Waals surface area (Å²) in [5.74, 6) is -0.264. The van der Waals surface area contributed by atoms with Crippen molar-refractivity contribution in [3.63, 3.8) is 0 Å². The van der Waals surface area contributed by atoms with Crippen molar-refractivity contribution >= 4 is 45.3 Å². The van der Waals surface area contributed by atoms with Gasteiger partial charge in [-0.05, 0) is 88.0 Å². The van der Waals surface area contributed by atoms with E-state index < -0.39 is 0 Å². The van der Waals surface area contributed by atoms with E-state index in [1.54, 1.807) is 11.3 Å². The Morgan fingerprint density at radius 1 is 1.12 bits per heavy atom. The molecule has 8 heteroatoms. The molecule has 1 aliphatic carbocycles. The molecular formula is C26H32N4O2S2. The van der Waals surface area contributed by atoms with E-state index in [1.165, 1.54) is 23.3 Å². The van der Waals surface area contributed by atoms with Gasteiger partial charge in [0.1, 0.15) is 5.00 Å². The van der Waals surface area contributed by atoms with Gasteiger partial charge in [0.05, 0.1) is 24.4 Å². The molecule has 0 atom stereocenters. The molecule has 1 aromatic carbocycles. The maximum atomic E-state index is 12.8. The van der Waals surface area contributed by atoms with Gasteiger partial charge >= 0.3 is 5.97 Å². The van der Waals surface area contributed by atoms with Gasteiger partial charge in [0.25, 0.3) is 0 Å². The van der Waals surface area contributed by atoms with E-state index in [-0.39, 0.29) is 5.97 Å². The van der Waals surface area contributed by atoms with Crippen molar-refractivity contribution in [3.8, 4) is 0 Å². The Bertz CT molecular complexity index is 1160. The number of carbonyl (C=O) groups is 1. The fourth-order valence-electron chi connectivity index (χ4n) is 4.39. The van der Waals surface area contributed by atoms with Crippen molar-refractivity contribution in [1.29, 1.82) is 0 Å². The number of thiophene rings is 1. The van der Waals surface area contributed by atoms with Crippen molar-refractivity contribution in [3.05, 3.63) is 63.3 Å². The fourth-order valence-corrected chi connectivity index (χ4v) is 5.96. The summed E-state index contributed by atoms with van der Waals surface area (Å²) in [5, 5.41) is 12.3. The first-order chi connectivity index (χ1) is 16.4. The summed E-state index contributed by atoms with van der Waals surface area (Å²) in [7, 11) is 0. The molecule has 4 rings (SSSR count). The molecule has 2 aromatic heterocycles. The molecule has 0 aliphatic heterocycles. The Balaban J connectivity index is 1.46. The Kier molecular flexibility index (Phi) is 8.00. The van der Waals surface area contributed by atoms with E-state index in [0.29, 0.717) is 17.3 Å². The van der Waals surface area contributed by atoms with Crippen LogP contribution in [0.15, 0.2) is 30.3 Å². The van der Waals surface area contributed by atoms with Crippen LogP contribution in [-0.2, 0) is 24.1 Å². The lowest BCUT2D eigenvalue weighted by Crippen LogP contribution is -2.20. The van der Waals surface area contributed by atoms with Crippen LogP contribution >= 0.6 is 23.6 Å². The predicted molar refractivity (Wildman–Crippen MR) is 143 cm³/mol. The summed E-state index contributed by atoms with van der Waals surface area (Å²) in [6.45, 7) is 7.00. The number of anilines is 2. The molecule has 2 N–H and O–H groups in total. The van der Waals surface area contributed by atoms with Gasteiger partial charge in [-0.3, -0.25) is 4.68 Å². The lowest BCUT2D eigenvalue weighted by Gasteiger charge is -2.13. The fraction of sp³-hybridized carbons (Fsp3) is 0.423. The molecule has 0 bridgehead atoms. The van der Waals surface area contributed by atoms with E-state index in [2.05, 4.69) is 40.9 Å². The van der Waals surface area contributed by atoms with Crippen molar-refractivity contribution in [2.75, 3.05) is 17.2 Å². The molecule has 0 saturated carbocycles. The van der Waals surface area contributed by atoms with Crippen LogP contribution in [0.2, 0.25) is 0 Å². The van der Waals surface area contributed by atoms with Crippen LogP contribution < -0.4 is 10.6 Å². The second-order valence-corrected chi connectivity index (χ2v) is 10.2. The van der Waals surface area contributed by atoms with Crippen molar-refractivity contribution < 1.29 is 9.53 Å². The van der Waals surface area contributed by atoms with Gasteiger partial charge in [-0.25, -0.2) is 4.79 Å². The third-order valence-corrected chi connectivity index (χ3v) is 7.44. The predicted octanol–water partition coefficient (Wildman–Crippen LogP) is 6.25. The zero-order valence-corrected chi connectivity index (χ0v) is 21.7. The standard InChI is InChI=1S/C26H32N4O2S2/c1-4-32-25(31)23-21-9-7-5-6-8-10-22(21)34-24(23)28-26(33)27-20-13-11-19(12-14-20)16-30-18(3)15-17(2)29-30/h11-15H,4-10,16H2,1-3H3,(H2,27,28,33). The smallest absolute Gasteiger partial charge is 0.341 e. The highest BCUT2D eigenvalue weighted by Gasteiger charge is 2.25. The monoisotopic (exact) mass is 496 g/mol.